The van der Waals surface area contributed by atoms with Gasteiger partial charge in [0.15, 0.2) is 5.78 Å². The zero-order valence-electron chi connectivity index (χ0n) is 14.5. The molecule has 0 saturated heterocycles. The minimum atomic E-state index is -0.625. The topological polar surface area (TPSA) is 54.5 Å². The average molecular weight is 327 g/mol. The summed E-state index contributed by atoms with van der Waals surface area (Å²) in [5.41, 5.74) is 0.848. The Kier molecular flexibility index (Phi) is 4.83. The van der Waals surface area contributed by atoms with Gasteiger partial charge in [0.2, 0.25) is 0 Å². The largest absolute Gasteiger partial charge is 0.297 e. The van der Waals surface area contributed by atoms with Gasteiger partial charge in [0.05, 0.1) is 17.2 Å². The highest BCUT2D eigenvalue weighted by atomic mass is 16.2. The molecule has 4 heteroatoms. The first-order valence-electron chi connectivity index (χ1n) is 9.01. The summed E-state index contributed by atoms with van der Waals surface area (Å²) in [7, 11) is 0. The fourth-order valence-electron chi connectivity index (χ4n) is 3.95. The van der Waals surface area contributed by atoms with Crippen LogP contribution < -0.4 is 0 Å². The van der Waals surface area contributed by atoms with E-state index in [0.29, 0.717) is 17.5 Å². The van der Waals surface area contributed by atoms with Crippen molar-refractivity contribution in [3.63, 3.8) is 0 Å². The SMILES string of the molecule is CC(C)C[C@@H](C(=O)C1CCCCC1)N1C(=O)c2ccccc2C1=O. The molecule has 1 aliphatic carbocycles. The van der Waals surface area contributed by atoms with E-state index in [1.54, 1.807) is 24.3 Å². The number of hydrogen-bond donors (Lipinski definition) is 0. The maximum atomic E-state index is 13.1. The summed E-state index contributed by atoms with van der Waals surface area (Å²) in [5.74, 6) is -0.313. The van der Waals surface area contributed by atoms with Gasteiger partial charge in [0.25, 0.3) is 11.8 Å². The van der Waals surface area contributed by atoms with Crippen molar-refractivity contribution in [2.24, 2.45) is 11.8 Å². The van der Waals surface area contributed by atoms with Crippen LogP contribution in [0.4, 0.5) is 0 Å². The van der Waals surface area contributed by atoms with Crippen molar-refractivity contribution >= 4 is 17.6 Å². The first-order chi connectivity index (χ1) is 11.5. The van der Waals surface area contributed by atoms with E-state index in [1.807, 2.05) is 13.8 Å². The molecule has 0 bridgehead atoms. The summed E-state index contributed by atoms with van der Waals surface area (Å²) in [6, 6.07) is 6.24. The molecular weight excluding hydrogens is 302 g/mol. The predicted octanol–water partition coefficient (Wildman–Crippen LogP) is 3.85. The highest BCUT2D eigenvalue weighted by Crippen LogP contribution is 2.32. The smallest absolute Gasteiger partial charge is 0.262 e. The number of fused-ring (bicyclic) bond motifs is 1. The van der Waals surface area contributed by atoms with Gasteiger partial charge < -0.3 is 0 Å². The van der Waals surface area contributed by atoms with Crippen LogP contribution in [0, 0.1) is 11.8 Å². The zero-order valence-corrected chi connectivity index (χ0v) is 14.5. The number of nitrogens with zero attached hydrogens (tertiary/aromatic N) is 1. The van der Waals surface area contributed by atoms with E-state index in [4.69, 9.17) is 0 Å². The van der Waals surface area contributed by atoms with Gasteiger partial charge >= 0.3 is 0 Å². The summed E-state index contributed by atoms with van der Waals surface area (Å²) >= 11 is 0. The first-order valence-corrected chi connectivity index (χ1v) is 9.01. The number of rotatable bonds is 5. The van der Waals surface area contributed by atoms with Crippen LogP contribution in [0.25, 0.3) is 0 Å². The summed E-state index contributed by atoms with van der Waals surface area (Å²) in [6.07, 6.45) is 5.61. The van der Waals surface area contributed by atoms with E-state index >= 15 is 0 Å². The van der Waals surface area contributed by atoms with Gasteiger partial charge in [-0.3, -0.25) is 19.3 Å². The quantitative estimate of drug-likeness (QED) is 0.772. The molecule has 2 aliphatic rings. The number of imide groups is 1. The second-order valence-corrected chi connectivity index (χ2v) is 7.41. The molecule has 0 unspecified atom stereocenters. The molecule has 1 aromatic carbocycles. The van der Waals surface area contributed by atoms with Crippen LogP contribution >= 0.6 is 0 Å². The fourth-order valence-corrected chi connectivity index (χ4v) is 3.95. The second-order valence-electron chi connectivity index (χ2n) is 7.41. The van der Waals surface area contributed by atoms with Crippen molar-refractivity contribution < 1.29 is 14.4 Å². The van der Waals surface area contributed by atoms with Crippen molar-refractivity contribution in [2.45, 2.75) is 58.4 Å². The Bertz CT molecular complexity index is 624. The van der Waals surface area contributed by atoms with E-state index in [0.717, 1.165) is 25.7 Å². The number of benzene rings is 1. The third kappa shape index (κ3) is 3.02. The third-order valence-corrected chi connectivity index (χ3v) is 5.17. The summed E-state index contributed by atoms with van der Waals surface area (Å²) in [6.45, 7) is 4.05. The molecule has 128 valence electrons. The van der Waals surface area contributed by atoms with Gasteiger partial charge in [-0.2, -0.15) is 0 Å². The van der Waals surface area contributed by atoms with Gasteiger partial charge in [-0.1, -0.05) is 45.2 Å². The van der Waals surface area contributed by atoms with Crippen LogP contribution in [0.2, 0.25) is 0 Å². The number of carbonyl (C=O) groups is 3. The van der Waals surface area contributed by atoms with Crippen LogP contribution in [0.1, 0.15) is 73.1 Å². The molecule has 1 aromatic rings. The third-order valence-electron chi connectivity index (χ3n) is 5.17. The molecule has 1 aliphatic heterocycles. The molecule has 0 N–H and O–H groups in total. The Hall–Kier alpha value is -1.97. The van der Waals surface area contributed by atoms with E-state index in [9.17, 15) is 14.4 Å². The molecule has 1 saturated carbocycles. The van der Waals surface area contributed by atoms with Crippen molar-refractivity contribution in [1.82, 2.24) is 4.90 Å². The standard InChI is InChI=1S/C20H25NO3/c1-13(2)12-17(18(22)14-8-4-3-5-9-14)21-19(23)15-10-6-7-11-16(15)20(21)24/h6-7,10-11,13-14,17H,3-5,8-9,12H2,1-2H3/t17-/m0/s1. The lowest BCUT2D eigenvalue weighted by molar-refractivity contribution is -0.128. The lowest BCUT2D eigenvalue weighted by Gasteiger charge is -2.31. The molecule has 0 aromatic heterocycles. The van der Waals surface area contributed by atoms with Gasteiger partial charge in [0, 0.05) is 5.92 Å². The molecule has 24 heavy (non-hydrogen) atoms. The summed E-state index contributed by atoms with van der Waals surface area (Å²) in [4.78, 5) is 39.9. The van der Waals surface area contributed by atoms with Crippen LogP contribution in [-0.2, 0) is 4.79 Å². The number of amides is 2. The lowest BCUT2D eigenvalue weighted by atomic mass is 9.81. The molecule has 4 nitrogen and oxygen atoms in total. The number of ketones is 1. The van der Waals surface area contributed by atoms with Gasteiger partial charge in [-0.25, -0.2) is 0 Å². The van der Waals surface area contributed by atoms with Crippen molar-refractivity contribution in [3.8, 4) is 0 Å². The molecule has 2 amide bonds. The van der Waals surface area contributed by atoms with Crippen LogP contribution in [0.15, 0.2) is 24.3 Å². The first kappa shape index (κ1) is 16.9. The fraction of sp³-hybridized carbons (Fsp3) is 0.550. The zero-order chi connectivity index (χ0) is 17.3. The molecule has 0 radical (unpaired) electrons. The van der Waals surface area contributed by atoms with E-state index in [2.05, 4.69) is 0 Å². The van der Waals surface area contributed by atoms with Crippen LogP contribution in [-0.4, -0.2) is 28.5 Å². The normalized spacial score (nSPS) is 19.7. The predicted molar refractivity (Wildman–Crippen MR) is 91.8 cm³/mol. The van der Waals surface area contributed by atoms with E-state index in [1.165, 1.54) is 11.3 Å². The van der Waals surface area contributed by atoms with Crippen molar-refractivity contribution in [2.75, 3.05) is 0 Å². The number of hydrogen-bond acceptors (Lipinski definition) is 3. The second kappa shape index (κ2) is 6.88. The van der Waals surface area contributed by atoms with Crippen molar-refractivity contribution in [1.29, 1.82) is 0 Å². The highest BCUT2D eigenvalue weighted by Gasteiger charge is 2.44. The average Bonchev–Trinajstić information content (AvgIpc) is 2.84. The number of carbonyl (C=O) groups excluding carboxylic acids is 3. The summed E-state index contributed by atoms with van der Waals surface area (Å²) in [5, 5.41) is 0. The molecule has 0 spiro atoms. The molecule has 3 rings (SSSR count). The monoisotopic (exact) mass is 327 g/mol. The van der Waals surface area contributed by atoms with Crippen LogP contribution in [0.5, 0.6) is 0 Å². The van der Waals surface area contributed by atoms with E-state index in [-0.39, 0.29) is 29.4 Å². The number of Topliss-reactive ketones (excluding diaryl/α,β-unsaturated/α-hetero) is 1. The van der Waals surface area contributed by atoms with E-state index < -0.39 is 6.04 Å². The Morgan fingerprint density at radius 2 is 1.58 bits per heavy atom. The maximum Gasteiger partial charge on any atom is 0.262 e. The highest BCUT2D eigenvalue weighted by molar-refractivity contribution is 6.23. The van der Waals surface area contributed by atoms with Gasteiger partial charge in [0.1, 0.15) is 0 Å². The Labute approximate surface area is 143 Å². The summed E-state index contributed by atoms with van der Waals surface area (Å²) < 4.78 is 0. The molecular formula is C20H25NO3. The molecule has 1 fully saturated rings. The maximum absolute atomic E-state index is 13.1. The Morgan fingerprint density at radius 1 is 1.04 bits per heavy atom. The minimum Gasteiger partial charge on any atom is -0.297 e. The molecule has 1 atom stereocenters. The minimum absolute atomic E-state index is 0.00758. The van der Waals surface area contributed by atoms with Gasteiger partial charge in [-0.05, 0) is 37.3 Å². The van der Waals surface area contributed by atoms with Crippen molar-refractivity contribution in [3.05, 3.63) is 35.4 Å². The molecule has 1 heterocycles. The Morgan fingerprint density at radius 3 is 2.08 bits per heavy atom. The lowest BCUT2D eigenvalue weighted by Crippen LogP contribution is -2.48. The Balaban J connectivity index is 1.90. The van der Waals surface area contributed by atoms with Crippen LogP contribution in [0.3, 0.4) is 0 Å². The van der Waals surface area contributed by atoms with Gasteiger partial charge in [-0.15, -0.1) is 0 Å².